The van der Waals surface area contributed by atoms with Gasteiger partial charge in [-0.1, -0.05) is 68.9 Å². The van der Waals surface area contributed by atoms with E-state index in [4.69, 9.17) is 5.73 Å². The van der Waals surface area contributed by atoms with Gasteiger partial charge in [-0.05, 0) is 44.3 Å². The number of nitrogens with two attached hydrogens (primary N) is 1. The fourth-order valence-corrected chi connectivity index (χ4v) is 3.81. The highest BCUT2D eigenvalue weighted by Crippen LogP contribution is 2.31. The minimum atomic E-state index is -0.849. The predicted octanol–water partition coefficient (Wildman–Crippen LogP) is 4.98. The van der Waals surface area contributed by atoms with Gasteiger partial charge in [0.2, 0.25) is 0 Å². The lowest BCUT2D eigenvalue weighted by molar-refractivity contribution is -0.130. The van der Waals surface area contributed by atoms with Gasteiger partial charge in [0, 0.05) is 23.2 Å². The molecule has 0 bridgehead atoms. The van der Waals surface area contributed by atoms with Crippen LogP contribution < -0.4 is 5.73 Å². The van der Waals surface area contributed by atoms with Crippen LogP contribution in [0.2, 0.25) is 0 Å². The summed E-state index contributed by atoms with van der Waals surface area (Å²) in [5.41, 5.74) is 11.6. The van der Waals surface area contributed by atoms with Crippen molar-refractivity contribution in [1.29, 1.82) is 0 Å². The Balaban J connectivity index is 1.98. The van der Waals surface area contributed by atoms with Crippen LogP contribution in [-0.4, -0.2) is 29.2 Å². The molecule has 1 heterocycles. The third kappa shape index (κ3) is 5.13. The maximum atomic E-state index is 13.0. The summed E-state index contributed by atoms with van der Waals surface area (Å²) < 4.78 is 0. The zero-order chi connectivity index (χ0) is 21.0. The van der Waals surface area contributed by atoms with Crippen LogP contribution in [0.15, 0.2) is 76.0 Å². The Morgan fingerprint density at radius 3 is 2.76 bits per heavy atom. The zero-order valence-corrected chi connectivity index (χ0v) is 18.1. The van der Waals surface area contributed by atoms with Gasteiger partial charge in [-0.2, -0.15) is 0 Å². The summed E-state index contributed by atoms with van der Waals surface area (Å²) in [5.74, 6) is -0.125. The third-order valence-electron chi connectivity index (χ3n) is 5.46. The van der Waals surface area contributed by atoms with Crippen LogP contribution in [0.3, 0.4) is 0 Å². The van der Waals surface area contributed by atoms with Gasteiger partial charge in [0.05, 0.1) is 5.70 Å². The Morgan fingerprint density at radius 1 is 1.24 bits per heavy atom. The van der Waals surface area contributed by atoms with E-state index in [1.165, 1.54) is 11.1 Å². The smallest absolute Gasteiger partial charge is 0.266 e. The molecule has 0 aromatic rings. The molecule has 2 N–H and O–H groups in total. The molecule has 1 atom stereocenters. The molecule has 0 aromatic carbocycles. The van der Waals surface area contributed by atoms with Crippen LogP contribution in [0.1, 0.15) is 53.4 Å². The second kappa shape index (κ2) is 8.91. The molecule has 0 saturated carbocycles. The van der Waals surface area contributed by atoms with Gasteiger partial charge in [0.1, 0.15) is 0 Å². The molecule has 1 amide bonds. The normalized spacial score (nSPS) is 23.8. The first kappa shape index (κ1) is 21.3. The van der Waals surface area contributed by atoms with Crippen molar-refractivity contribution in [2.24, 2.45) is 16.1 Å². The van der Waals surface area contributed by atoms with Crippen LogP contribution >= 0.6 is 0 Å². The van der Waals surface area contributed by atoms with Gasteiger partial charge in [0.25, 0.3) is 5.91 Å². The Labute approximate surface area is 174 Å². The molecule has 0 spiro atoms. The number of amides is 1. The number of allylic oxidation sites excluding steroid dienone is 11. The van der Waals surface area contributed by atoms with E-state index in [-0.39, 0.29) is 11.3 Å². The SMILES string of the molecule is CCCN1C(=O)C(N)N=C(CCC2=CC=CCC(C)=C2)C2=C1C=CC(C)(C)C=C2. The summed E-state index contributed by atoms with van der Waals surface area (Å²) in [6, 6.07) is 0. The monoisotopic (exact) mass is 391 g/mol. The van der Waals surface area contributed by atoms with Crippen molar-refractivity contribution in [3.63, 3.8) is 0 Å². The summed E-state index contributed by atoms with van der Waals surface area (Å²) in [4.78, 5) is 19.5. The number of hydrogen-bond acceptors (Lipinski definition) is 3. The van der Waals surface area contributed by atoms with E-state index in [0.717, 1.165) is 42.7 Å². The second-order valence-electron chi connectivity index (χ2n) is 8.66. The first-order valence-electron chi connectivity index (χ1n) is 10.6. The van der Waals surface area contributed by atoms with Crippen LogP contribution in [-0.2, 0) is 4.79 Å². The van der Waals surface area contributed by atoms with E-state index >= 15 is 0 Å². The lowest BCUT2D eigenvalue weighted by Crippen LogP contribution is -2.41. The lowest BCUT2D eigenvalue weighted by Gasteiger charge is -2.24. The first-order chi connectivity index (χ1) is 13.8. The number of carbonyl (C=O) groups excluding carboxylic acids is 1. The Hall–Kier alpha value is -2.46. The van der Waals surface area contributed by atoms with Gasteiger partial charge in [-0.15, -0.1) is 0 Å². The average Bonchev–Trinajstić information content (AvgIpc) is 3.01. The summed E-state index contributed by atoms with van der Waals surface area (Å²) in [6.07, 6.45) is 19.9. The Kier molecular flexibility index (Phi) is 6.53. The molecule has 1 unspecified atom stereocenters. The molecule has 0 aromatic heterocycles. The van der Waals surface area contributed by atoms with Crippen molar-refractivity contribution >= 4 is 11.6 Å². The van der Waals surface area contributed by atoms with Gasteiger partial charge in [-0.25, -0.2) is 0 Å². The van der Waals surface area contributed by atoms with Crippen molar-refractivity contribution < 1.29 is 4.79 Å². The average molecular weight is 392 g/mol. The fourth-order valence-electron chi connectivity index (χ4n) is 3.81. The van der Waals surface area contributed by atoms with Crippen molar-refractivity contribution in [3.8, 4) is 0 Å². The Morgan fingerprint density at radius 2 is 2.00 bits per heavy atom. The molecule has 29 heavy (non-hydrogen) atoms. The molecule has 3 aliphatic rings. The van der Waals surface area contributed by atoms with Gasteiger partial charge < -0.3 is 10.6 Å². The predicted molar refractivity (Wildman–Crippen MR) is 121 cm³/mol. The van der Waals surface area contributed by atoms with Crippen LogP contribution in [0.4, 0.5) is 0 Å². The summed E-state index contributed by atoms with van der Waals surface area (Å²) >= 11 is 0. The number of rotatable bonds is 5. The highest BCUT2D eigenvalue weighted by molar-refractivity contribution is 6.07. The third-order valence-corrected chi connectivity index (χ3v) is 5.46. The molecular weight excluding hydrogens is 358 g/mol. The molecule has 0 radical (unpaired) electrons. The summed E-state index contributed by atoms with van der Waals surface area (Å²) in [5, 5.41) is 0. The van der Waals surface area contributed by atoms with E-state index < -0.39 is 6.17 Å². The van der Waals surface area contributed by atoms with Gasteiger partial charge in [-0.3, -0.25) is 9.79 Å². The number of carbonyl (C=O) groups is 1. The van der Waals surface area contributed by atoms with E-state index in [1.807, 2.05) is 4.90 Å². The second-order valence-corrected chi connectivity index (χ2v) is 8.66. The van der Waals surface area contributed by atoms with Crippen molar-refractivity contribution in [2.75, 3.05) is 6.54 Å². The zero-order valence-electron chi connectivity index (χ0n) is 18.1. The first-order valence-corrected chi connectivity index (χ1v) is 10.6. The standard InChI is InChI=1S/C25H33N3O/c1-5-16-28-22-13-15-25(3,4)14-12-20(22)21(27-23(26)24(28)29)11-10-19-9-7-6-8-18(2)17-19/h6-7,9,12-15,17,23H,5,8,10-11,16,26H2,1-4H3. The molecule has 4 nitrogen and oxygen atoms in total. The molecule has 2 aliphatic carbocycles. The molecule has 1 aliphatic heterocycles. The topological polar surface area (TPSA) is 58.7 Å². The van der Waals surface area contributed by atoms with Crippen LogP contribution in [0.5, 0.6) is 0 Å². The molecular formula is C25H33N3O. The van der Waals surface area contributed by atoms with E-state index in [2.05, 4.69) is 81.3 Å². The van der Waals surface area contributed by atoms with Gasteiger partial charge in [0.15, 0.2) is 6.17 Å². The minimum Gasteiger partial charge on any atom is -0.309 e. The van der Waals surface area contributed by atoms with Crippen molar-refractivity contribution in [3.05, 3.63) is 71.0 Å². The molecule has 0 saturated heterocycles. The largest absolute Gasteiger partial charge is 0.309 e. The van der Waals surface area contributed by atoms with Crippen molar-refractivity contribution in [2.45, 2.75) is 59.5 Å². The minimum absolute atomic E-state index is 0.0746. The summed E-state index contributed by atoms with van der Waals surface area (Å²) in [7, 11) is 0. The molecule has 154 valence electrons. The maximum Gasteiger partial charge on any atom is 0.266 e. The van der Waals surface area contributed by atoms with E-state index in [1.54, 1.807) is 0 Å². The van der Waals surface area contributed by atoms with Crippen LogP contribution in [0.25, 0.3) is 0 Å². The van der Waals surface area contributed by atoms with Crippen LogP contribution in [0, 0.1) is 5.41 Å². The van der Waals surface area contributed by atoms with Crippen molar-refractivity contribution in [1.82, 2.24) is 4.90 Å². The highest BCUT2D eigenvalue weighted by Gasteiger charge is 2.30. The number of aliphatic imine (C=N–C) groups is 1. The van der Waals surface area contributed by atoms with E-state index in [9.17, 15) is 4.79 Å². The number of nitrogens with zero attached hydrogens (tertiary/aromatic N) is 2. The summed E-state index contributed by atoms with van der Waals surface area (Å²) in [6.45, 7) is 9.21. The lowest BCUT2D eigenvalue weighted by atomic mass is 9.92. The maximum absolute atomic E-state index is 13.0. The fraction of sp³-hybridized carbons (Fsp3) is 0.440. The highest BCUT2D eigenvalue weighted by atomic mass is 16.2. The molecule has 0 fully saturated rings. The quantitative estimate of drug-likeness (QED) is 0.718. The number of hydrogen-bond donors (Lipinski definition) is 1. The van der Waals surface area contributed by atoms with Gasteiger partial charge >= 0.3 is 0 Å². The molecule has 3 rings (SSSR count). The Bertz CT molecular complexity index is 878. The molecule has 4 heteroatoms. The van der Waals surface area contributed by atoms with E-state index in [0.29, 0.717) is 6.54 Å².